The van der Waals surface area contributed by atoms with E-state index in [1.807, 2.05) is 6.92 Å². The molecule has 3 aromatic rings. The van der Waals surface area contributed by atoms with Gasteiger partial charge in [-0.25, -0.2) is 4.79 Å². The predicted molar refractivity (Wildman–Crippen MR) is 105 cm³/mol. The van der Waals surface area contributed by atoms with Crippen molar-refractivity contribution >= 4 is 11.8 Å². The van der Waals surface area contributed by atoms with Crippen LogP contribution in [0, 0.1) is 0 Å². The summed E-state index contributed by atoms with van der Waals surface area (Å²) in [7, 11) is 1.57. The van der Waals surface area contributed by atoms with Crippen LogP contribution in [0.3, 0.4) is 0 Å². The number of aromatic nitrogens is 4. The number of methoxy groups -OCH3 is 1. The quantitative estimate of drug-likeness (QED) is 0.616. The van der Waals surface area contributed by atoms with Crippen LogP contribution >= 0.6 is 0 Å². The van der Waals surface area contributed by atoms with Crippen LogP contribution < -0.4 is 10.1 Å². The largest absolute Gasteiger partial charge is 0.497 e. The van der Waals surface area contributed by atoms with Crippen molar-refractivity contribution in [2.75, 3.05) is 12.4 Å². The lowest BCUT2D eigenvalue weighted by Gasteiger charge is -2.18. The first-order chi connectivity index (χ1) is 14.1. The van der Waals surface area contributed by atoms with E-state index in [0.717, 1.165) is 18.7 Å². The molecule has 1 unspecified atom stereocenters. The van der Waals surface area contributed by atoms with Crippen LogP contribution in [0.5, 0.6) is 5.75 Å². The number of rotatable bonds is 7. The Morgan fingerprint density at radius 2 is 2.03 bits per heavy atom. The van der Waals surface area contributed by atoms with E-state index in [1.165, 1.54) is 12.8 Å². The van der Waals surface area contributed by atoms with E-state index in [9.17, 15) is 9.90 Å². The number of carboxylic acid groups (broad SMARTS) is 1. The van der Waals surface area contributed by atoms with Gasteiger partial charge in [0.2, 0.25) is 0 Å². The molecular weight excluding hydrogens is 374 g/mol. The molecule has 2 aromatic heterocycles. The fraction of sp³-hybridized carbons (Fsp3) is 0.400. The van der Waals surface area contributed by atoms with Crippen molar-refractivity contribution in [1.29, 1.82) is 0 Å². The van der Waals surface area contributed by atoms with Crippen LogP contribution in [0.1, 0.15) is 60.9 Å². The second-order valence-corrected chi connectivity index (χ2v) is 7.17. The molecule has 2 N–H and O–H groups in total. The highest BCUT2D eigenvalue weighted by atomic mass is 16.5. The summed E-state index contributed by atoms with van der Waals surface area (Å²) in [6.45, 7) is 1.91. The third-order valence-corrected chi connectivity index (χ3v) is 5.32. The summed E-state index contributed by atoms with van der Waals surface area (Å²) in [5.41, 5.74) is 0.583. The summed E-state index contributed by atoms with van der Waals surface area (Å²) >= 11 is 0. The van der Waals surface area contributed by atoms with Crippen molar-refractivity contribution in [3.63, 3.8) is 0 Å². The third-order valence-electron chi connectivity index (χ3n) is 5.32. The number of aromatic carboxylic acids is 1. The Balaban J connectivity index is 1.61. The minimum Gasteiger partial charge on any atom is -0.497 e. The Morgan fingerprint density at radius 1 is 1.31 bits per heavy atom. The van der Waals surface area contributed by atoms with E-state index >= 15 is 0 Å². The smallest absolute Gasteiger partial charge is 0.343 e. The van der Waals surface area contributed by atoms with E-state index in [-0.39, 0.29) is 23.2 Å². The Kier molecular flexibility index (Phi) is 5.20. The summed E-state index contributed by atoms with van der Waals surface area (Å²) in [6, 6.07) is 7.04. The lowest BCUT2D eigenvalue weighted by Crippen LogP contribution is -2.17. The number of hydrogen-bond acceptors (Lipinski definition) is 7. The van der Waals surface area contributed by atoms with Gasteiger partial charge in [0.15, 0.2) is 23.0 Å². The highest BCUT2D eigenvalue weighted by Gasteiger charge is 2.27. The highest BCUT2D eigenvalue weighted by Crippen LogP contribution is 2.34. The Morgan fingerprint density at radius 3 is 2.69 bits per heavy atom. The van der Waals surface area contributed by atoms with Crippen molar-refractivity contribution in [2.24, 2.45) is 0 Å². The van der Waals surface area contributed by atoms with Gasteiger partial charge in [-0.15, -0.1) is 10.2 Å². The molecule has 29 heavy (non-hydrogen) atoms. The second kappa shape index (κ2) is 7.94. The number of nitrogens with zero attached hydrogens (tertiary/aromatic N) is 4. The molecule has 9 heteroatoms. The number of carbonyl (C=O) groups is 1. The van der Waals surface area contributed by atoms with E-state index in [1.54, 1.807) is 37.7 Å². The summed E-state index contributed by atoms with van der Waals surface area (Å²) in [5.74, 6) is 0.651. The molecule has 2 heterocycles. The summed E-state index contributed by atoms with van der Waals surface area (Å²) < 4.78 is 12.6. The topological polar surface area (TPSA) is 115 Å². The van der Waals surface area contributed by atoms with Crippen LogP contribution in [0.25, 0.3) is 11.3 Å². The minimum absolute atomic E-state index is 0.0195. The molecule has 1 aromatic carbocycles. The van der Waals surface area contributed by atoms with Gasteiger partial charge in [-0.1, -0.05) is 18.0 Å². The predicted octanol–water partition coefficient (Wildman–Crippen LogP) is 3.93. The molecule has 1 atom stereocenters. The van der Waals surface area contributed by atoms with Crippen molar-refractivity contribution in [3.8, 4) is 17.1 Å². The van der Waals surface area contributed by atoms with E-state index in [0.29, 0.717) is 17.4 Å². The molecule has 0 spiro atoms. The molecule has 9 nitrogen and oxygen atoms in total. The molecule has 152 valence electrons. The number of anilines is 1. The van der Waals surface area contributed by atoms with Gasteiger partial charge in [0.25, 0.3) is 0 Å². The van der Waals surface area contributed by atoms with Crippen molar-refractivity contribution < 1.29 is 19.2 Å². The zero-order valence-electron chi connectivity index (χ0n) is 16.3. The number of benzene rings is 1. The normalized spacial score (nSPS) is 15.4. The summed E-state index contributed by atoms with van der Waals surface area (Å²) in [4.78, 5) is 11.9. The number of carboxylic acids is 1. The molecule has 1 aliphatic rings. The first kappa shape index (κ1) is 19.0. The molecule has 0 radical (unpaired) electrons. The van der Waals surface area contributed by atoms with Gasteiger partial charge in [-0.3, -0.25) is 0 Å². The number of hydrogen-bond donors (Lipinski definition) is 2. The molecule has 1 saturated carbocycles. The molecule has 0 bridgehead atoms. The van der Waals surface area contributed by atoms with Gasteiger partial charge in [-0.05, 0) is 44.0 Å². The summed E-state index contributed by atoms with van der Waals surface area (Å²) in [6.07, 6.45) is 6.34. The lowest BCUT2D eigenvalue weighted by molar-refractivity contribution is 0.0698. The molecule has 0 amide bonds. The first-order valence-corrected chi connectivity index (χ1v) is 9.61. The van der Waals surface area contributed by atoms with Crippen LogP contribution in [0.4, 0.5) is 5.82 Å². The molecule has 1 aliphatic carbocycles. The third kappa shape index (κ3) is 3.67. The maximum atomic E-state index is 11.9. The maximum absolute atomic E-state index is 11.9. The second-order valence-electron chi connectivity index (χ2n) is 7.17. The van der Waals surface area contributed by atoms with Crippen LogP contribution in [-0.2, 0) is 0 Å². The van der Waals surface area contributed by atoms with E-state index in [4.69, 9.17) is 9.26 Å². The zero-order chi connectivity index (χ0) is 20.4. The van der Waals surface area contributed by atoms with Crippen molar-refractivity contribution in [1.82, 2.24) is 19.9 Å². The highest BCUT2D eigenvalue weighted by molar-refractivity contribution is 5.99. The molecule has 0 aliphatic heterocycles. The molecule has 4 rings (SSSR count). The number of ether oxygens (including phenoxy) is 1. The Bertz CT molecular complexity index is 989. The summed E-state index contributed by atoms with van der Waals surface area (Å²) in [5, 5.41) is 25.2. The van der Waals surface area contributed by atoms with E-state index in [2.05, 4.69) is 25.2 Å². The SMILES string of the molecule is COc1ccc(-c2onc(NC(C)c3nncn3C3CCCC3)c2C(=O)O)cc1. The minimum atomic E-state index is -1.12. The standard InChI is InChI=1S/C20H23N5O4/c1-12(19-23-21-11-25(19)14-5-3-4-6-14)22-18-16(20(26)27)17(29-24-18)13-7-9-15(28-2)10-8-13/h7-12,14H,3-6H2,1-2H3,(H,22,24)(H,26,27). The zero-order valence-corrected chi connectivity index (χ0v) is 16.3. The van der Waals surface area contributed by atoms with Crippen LogP contribution in [0.15, 0.2) is 35.1 Å². The Hall–Kier alpha value is -3.36. The van der Waals surface area contributed by atoms with Crippen molar-refractivity contribution in [3.05, 3.63) is 42.0 Å². The monoisotopic (exact) mass is 397 g/mol. The van der Waals surface area contributed by atoms with Gasteiger partial charge < -0.3 is 24.3 Å². The van der Waals surface area contributed by atoms with Crippen LogP contribution in [0.2, 0.25) is 0 Å². The lowest BCUT2D eigenvalue weighted by atomic mass is 10.1. The van der Waals surface area contributed by atoms with Gasteiger partial charge in [0.1, 0.15) is 12.1 Å². The maximum Gasteiger partial charge on any atom is 0.343 e. The van der Waals surface area contributed by atoms with Gasteiger partial charge in [0, 0.05) is 11.6 Å². The van der Waals surface area contributed by atoms with Crippen LogP contribution in [-0.4, -0.2) is 38.1 Å². The van der Waals surface area contributed by atoms with Gasteiger partial charge in [0.05, 0.1) is 13.2 Å². The molecule has 1 fully saturated rings. The Labute approximate surface area is 167 Å². The average Bonchev–Trinajstić information content (AvgIpc) is 3.47. The molecule has 0 saturated heterocycles. The van der Waals surface area contributed by atoms with E-state index < -0.39 is 5.97 Å². The first-order valence-electron chi connectivity index (χ1n) is 9.61. The van der Waals surface area contributed by atoms with Crippen molar-refractivity contribution in [2.45, 2.75) is 44.7 Å². The fourth-order valence-electron chi connectivity index (χ4n) is 3.82. The average molecular weight is 397 g/mol. The van der Waals surface area contributed by atoms with Gasteiger partial charge >= 0.3 is 5.97 Å². The fourth-order valence-corrected chi connectivity index (χ4v) is 3.82. The molecular formula is C20H23N5O4. The van der Waals surface area contributed by atoms with Gasteiger partial charge in [-0.2, -0.15) is 0 Å². The number of nitrogens with one attached hydrogen (secondary N) is 1.